The van der Waals surface area contributed by atoms with Crippen molar-refractivity contribution >= 4 is 11.9 Å². The van der Waals surface area contributed by atoms with E-state index in [4.69, 9.17) is 9.47 Å². The molecule has 0 amide bonds. The second kappa shape index (κ2) is 15.1. The van der Waals surface area contributed by atoms with Crippen LogP contribution >= 0.6 is 0 Å². The molecule has 1 heterocycles. The minimum Gasteiger partial charge on any atom is -0.489 e. The maximum atomic E-state index is 11.9. The van der Waals surface area contributed by atoms with Crippen LogP contribution in [0.15, 0.2) is 60.7 Å². The number of rotatable bonds is 14. The Labute approximate surface area is 256 Å². The fourth-order valence-electron chi connectivity index (χ4n) is 5.75. The zero-order valence-electron chi connectivity index (χ0n) is 26.1. The van der Waals surface area contributed by atoms with Gasteiger partial charge < -0.3 is 14.6 Å². The summed E-state index contributed by atoms with van der Waals surface area (Å²) in [6, 6.07) is 20.6. The summed E-state index contributed by atoms with van der Waals surface area (Å²) in [4.78, 5) is 30.4. The fourth-order valence-corrected chi connectivity index (χ4v) is 5.75. The molecule has 1 unspecified atom stereocenters. The van der Waals surface area contributed by atoms with Crippen LogP contribution in [0.1, 0.15) is 104 Å². The van der Waals surface area contributed by atoms with E-state index < -0.39 is 5.97 Å². The number of ether oxygens (including phenoxy) is 2. The number of fused-ring (bicyclic) bond motifs is 1. The lowest BCUT2D eigenvalue weighted by Crippen LogP contribution is -2.34. The number of unbranched alkanes of at least 4 members (excludes halogenated alkanes) is 1. The van der Waals surface area contributed by atoms with Crippen molar-refractivity contribution in [2.45, 2.75) is 90.7 Å². The molecule has 4 rings (SSSR count). The molecular formula is C36H46N2O5. The van der Waals surface area contributed by atoms with Gasteiger partial charge in [0.2, 0.25) is 0 Å². The molecule has 3 aromatic rings. The first-order valence-electron chi connectivity index (χ1n) is 15.6. The molecular weight excluding hydrogens is 540 g/mol. The summed E-state index contributed by atoms with van der Waals surface area (Å²) in [5.74, 6) is -0.259. The molecule has 7 nitrogen and oxygen atoms in total. The molecule has 0 saturated heterocycles. The number of carbonyl (C=O) groups excluding carboxylic acids is 1. The Morgan fingerprint density at radius 3 is 2.49 bits per heavy atom. The van der Waals surface area contributed by atoms with Crippen molar-refractivity contribution in [2.75, 3.05) is 19.7 Å². The lowest BCUT2D eigenvalue weighted by Gasteiger charge is -2.36. The number of hydrogen-bond acceptors (Lipinski definition) is 6. The summed E-state index contributed by atoms with van der Waals surface area (Å²) in [5.41, 5.74) is 5.80. The van der Waals surface area contributed by atoms with E-state index in [0.29, 0.717) is 19.6 Å². The SMILES string of the molecule is CCOC(=O)CCCCN(CCc1ccccc1OCc1ccc(C(C)(C)C)cc1)C1CCCc2nc(C(=O)O)ccc21. The van der Waals surface area contributed by atoms with Crippen LogP contribution in [0.4, 0.5) is 0 Å². The number of esters is 1. The van der Waals surface area contributed by atoms with Crippen molar-refractivity contribution < 1.29 is 24.2 Å². The van der Waals surface area contributed by atoms with Gasteiger partial charge in [0.1, 0.15) is 18.1 Å². The fraction of sp³-hybridized carbons (Fsp3) is 0.472. The number of aromatic carboxylic acids is 1. The van der Waals surface area contributed by atoms with Gasteiger partial charge in [-0.15, -0.1) is 0 Å². The van der Waals surface area contributed by atoms with Gasteiger partial charge in [-0.2, -0.15) is 0 Å². The number of nitrogens with zero attached hydrogens (tertiary/aromatic N) is 2. The molecule has 1 aliphatic carbocycles. The molecule has 0 aliphatic heterocycles. The van der Waals surface area contributed by atoms with E-state index in [9.17, 15) is 14.7 Å². The first-order valence-corrected chi connectivity index (χ1v) is 15.6. The number of aromatic nitrogens is 1. The Hall–Kier alpha value is -3.71. The van der Waals surface area contributed by atoms with Gasteiger partial charge in [-0.25, -0.2) is 9.78 Å². The lowest BCUT2D eigenvalue weighted by atomic mass is 9.87. The van der Waals surface area contributed by atoms with Gasteiger partial charge in [-0.05, 0) is 91.8 Å². The maximum Gasteiger partial charge on any atom is 0.354 e. The molecule has 0 radical (unpaired) electrons. The summed E-state index contributed by atoms with van der Waals surface area (Å²) in [7, 11) is 0. The van der Waals surface area contributed by atoms with E-state index in [1.165, 1.54) is 5.56 Å². The van der Waals surface area contributed by atoms with Gasteiger partial charge in [0.15, 0.2) is 0 Å². The van der Waals surface area contributed by atoms with Crippen LogP contribution < -0.4 is 4.74 Å². The van der Waals surface area contributed by atoms with Crippen molar-refractivity contribution in [1.82, 2.24) is 9.88 Å². The van der Waals surface area contributed by atoms with Gasteiger partial charge in [0.25, 0.3) is 0 Å². The number of para-hydroxylation sites is 1. The van der Waals surface area contributed by atoms with Crippen LogP contribution in [0.25, 0.3) is 0 Å². The maximum absolute atomic E-state index is 11.9. The number of aryl methyl sites for hydroxylation is 1. The molecule has 1 aromatic heterocycles. The van der Waals surface area contributed by atoms with Gasteiger partial charge >= 0.3 is 11.9 Å². The number of benzene rings is 2. The largest absolute Gasteiger partial charge is 0.489 e. The average Bonchev–Trinajstić information content (AvgIpc) is 2.99. The topological polar surface area (TPSA) is 89.0 Å². The molecule has 7 heteroatoms. The van der Waals surface area contributed by atoms with Gasteiger partial charge in [-0.1, -0.05) is 69.3 Å². The molecule has 0 saturated carbocycles. The van der Waals surface area contributed by atoms with Crippen molar-refractivity contribution in [2.24, 2.45) is 0 Å². The minimum atomic E-state index is -0.998. The van der Waals surface area contributed by atoms with Crippen molar-refractivity contribution in [3.8, 4) is 5.75 Å². The highest BCUT2D eigenvalue weighted by molar-refractivity contribution is 5.85. The van der Waals surface area contributed by atoms with Crippen LogP contribution in [-0.2, 0) is 34.4 Å². The predicted octanol–water partition coefficient (Wildman–Crippen LogP) is 7.31. The Morgan fingerprint density at radius 1 is 1.00 bits per heavy atom. The summed E-state index contributed by atoms with van der Waals surface area (Å²) in [6.45, 7) is 11.0. The van der Waals surface area contributed by atoms with E-state index in [1.807, 2.05) is 25.1 Å². The summed E-state index contributed by atoms with van der Waals surface area (Å²) in [5, 5.41) is 9.46. The third-order valence-electron chi connectivity index (χ3n) is 8.16. The van der Waals surface area contributed by atoms with Crippen LogP contribution in [0, 0.1) is 0 Å². The van der Waals surface area contributed by atoms with E-state index in [1.54, 1.807) is 6.07 Å². The second-order valence-corrected chi connectivity index (χ2v) is 12.3. The zero-order chi connectivity index (χ0) is 30.8. The van der Waals surface area contributed by atoms with Crippen LogP contribution in [0.3, 0.4) is 0 Å². The summed E-state index contributed by atoms with van der Waals surface area (Å²) in [6.07, 6.45) is 5.59. The highest BCUT2D eigenvalue weighted by Gasteiger charge is 2.27. The number of pyridine rings is 1. The molecule has 0 bridgehead atoms. The molecule has 1 atom stereocenters. The van der Waals surface area contributed by atoms with Gasteiger partial charge in [0.05, 0.1) is 6.61 Å². The monoisotopic (exact) mass is 586 g/mol. The van der Waals surface area contributed by atoms with Gasteiger partial charge in [-0.3, -0.25) is 9.69 Å². The zero-order valence-corrected chi connectivity index (χ0v) is 26.1. The molecule has 1 N–H and O–H groups in total. The van der Waals surface area contributed by atoms with Crippen molar-refractivity contribution in [3.63, 3.8) is 0 Å². The Balaban J connectivity index is 1.46. The second-order valence-electron chi connectivity index (χ2n) is 12.3. The normalized spacial score (nSPS) is 14.8. The van der Waals surface area contributed by atoms with Crippen molar-refractivity contribution in [3.05, 3.63) is 94.3 Å². The Morgan fingerprint density at radius 2 is 1.77 bits per heavy atom. The Kier molecular flexibility index (Phi) is 11.3. The highest BCUT2D eigenvalue weighted by Crippen LogP contribution is 2.34. The third-order valence-corrected chi connectivity index (χ3v) is 8.16. The molecule has 0 spiro atoms. The predicted molar refractivity (Wildman–Crippen MR) is 169 cm³/mol. The van der Waals surface area contributed by atoms with E-state index in [0.717, 1.165) is 79.7 Å². The summed E-state index contributed by atoms with van der Waals surface area (Å²) >= 11 is 0. The molecule has 1 aliphatic rings. The van der Waals surface area contributed by atoms with E-state index in [-0.39, 0.29) is 23.1 Å². The number of carboxylic acid groups (broad SMARTS) is 1. The number of carbonyl (C=O) groups is 2. The smallest absolute Gasteiger partial charge is 0.354 e. The Bertz CT molecular complexity index is 1360. The number of hydrogen-bond donors (Lipinski definition) is 1. The van der Waals surface area contributed by atoms with Gasteiger partial charge in [0, 0.05) is 24.7 Å². The molecule has 230 valence electrons. The highest BCUT2D eigenvalue weighted by atomic mass is 16.5. The van der Waals surface area contributed by atoms with Crippen molar-refractivity contribution in [1.29, 1.82) is 0 Å². The first kappa shape index (κ1) is 32.2. The molecule has 2 aromatic carbocycles. The lowest BCUT2D eigenvalue weighted by molar-refractivity contribution is -0.143. The van der Waals surface area contributed by atoms with Crippen LogP contribution in [-0.4, -0.2) is 46.6 Å². The standard InChI is InChI=1S/C36H46N2O5/c1-5-42-34(39)15-8-9-23-38(32-13-10-12-30-29(32)20-21-31(37-30)35(40)41)24-22-27-11-6-7-14-33(27)43-25-26-16-18-28(19-17-26)36(2,3)4/h6-7,11,14,16-21,32H,5,8-10,12-13,15,22-25H2,1-4H3,(H,40,41). The summed E-state index contributed by atoms with van der Waals surface area (Å²) < 4.78 is 11.4. The molecule has 0 fully saturated rings. The average molecular weight is 587 g/mol. The van der Waals surface area contributed by atoms with E-state index in [2.05, 4.69) is 67.1 Å². The third kappa shape index (κ3) is 9.14. The van der Waals surface area contributed by atoms with E-state index >= 15 is 0 Å². The number of carboxylic acids is 1. The first-order chi connectivity index (χ1) is 20.7. The quantitative estimate of drug-likeness (QED) is 0.156. The molecule has 43 heavy (non-hydrogen) atoms. The van der Waals surface area contributed by atoms with Crippen LogP contribution in [0.2, 0.25) is 0 Å². The minimum absolute atomic E-state index is 0.0968. The van der Waals surface area contributed by atoms with Crippen LogP contribution in [0.5, 0.6) is 5.75 Å².